The highest BCUT2D eigenvalue weighted by Crippen LogP contribution is 2.38. The number of benzene rings is 1. The van der Waals surface area contributed by atoms with Crippen molar-refractivity contribution in [2.45, 2.75) is 39.2 Å². The lowest BCUT2D eigenvalue weighted by Gasteiger charge is -2.21. The van der Waals surface area contributed by atoms with Gasteiger partial charge in [-0.05, 0) is 44.5 Å². The largest absolute Gasteiger partial charge is 0.444 e. The second-order valence-electron chi connectivity index (χ2n) is 7.62. The number of nitrogens with one attached hydrogen (secondary N) is 1. The minimum Gasteiger partial charge on any atom is -0.444 e. The molecule has 162 valence electrons. The number of nitro groups is 1. The molecule has 0 radical (unpaired) electrons. The molecule has 2 aromatic heterocycles. The number of hydrogen-bond donors (Lipinski definition) is 1. The summed E-state index contributed by atoms with van der Waals surface area (Å²) in [6.07, 6.45) is 1.99. The van der Waals surface area contributed by atoms with E-state index < -0.39 is 39.7 Å². The van der Waals surface area contributed by atoms with Crippen molar-refractivity contribution in [1.82, 2.24) is 15.2 Å². The highest BCUT2D eigenvalue weighted by Gasteiger charge is 2.31. The summed E-state index contributed by atoms with van der Waals surface area (Å²) in [5.74, 6) is -1.55. The molecule has 10 nitrogen and oxygen atoms in total. The summed E-state index contributed by atoms with van der Waals surface area (Å²) in [6, 6.07) is 5.61. The van der Waals surface area contributed by atoms with E-state index in [1.54, 1.807) is 39.8 Å². The van der Waals surface area contributed by atoms with E-state index in [1.165, 1.54) is 18.5 Å². The topological polar surface area (TPSA) is 133 Å². The van der Waals surface area contributed by atoms with E-state index in [0.717, 1.165) is 6.07 Å². The molecule has 1 aromatic carbocycles. The summed E-state index contributed by atoms with van der Waals surface area (Å²) in [6.45, 7) is 6.43. The summed E-state index contributed by atoms with van der Waals surface area (Å²) in [7, 11) is 0. The number of carbonyl (C=O) groups excluding carboxylic acids is 1. The smallest absolute Gasteiger partial charge is 0.412 e. The molecule has 31 heavy (non-hydrogen) atoms. The number of aryl methyl sites for hydroxylation is 1. The van der Waals surface area contributed by atoms with Crippen molar-refractivity contribution in [3.63, 3.8) is 0 Å². The highest BCUT2D eigenvalue weighted by molar-refractivity contribution is 5.88. The van der Waals surface area contributed by atoms with Gasteiger partial charge in [0.1, 0.15) is 5.60 Å². The third-order valence-corrected chi connectivity index (χ3v) is 4.11. The van der Waals surface area contributed by atoms with Gasteiger partial charge in [-0.25, -0.2) is 9.18 Å². The Morgan fingerprint density at radius 1 is 1.23 bits per heavy atom. The molecular formula is C20H20FN5O5. The van der Waals surface area contributed by atoms with Crippen molar-refractivity contribution in [2.24, 2.45) is 0 Å². The normalized spacial score (nSPS) is 12.3. The Balaban J connectivity index is 2.15. The number of nitro benzene ring substituents is 1. The van der Waals surface area contributed by atoms with Crippen molar-refractivity contribution >= 4 is 17.5 Å². The van der Waals surface area contributed by atoms with Gasteiger partial charge in [0.15, 0.2) is 11.5 Å². The summed E-state index contributed by atoms with van der Waals surface area (Å²) in [5, 5.41) is 21.4. The van der Waals surface area contributed by atoms with Crippen molar-refractivity contribution in [3.8, 4) is 0 Å². The number of aromatic nitrogens is 3. The van der Waals surface area contributed by atoms with Gasteiger partial charge in [-0.1, -0.05) is 0 Å². The zero-order valence-electron chi connectivity index (χ0n) is 17.2. The molecule has 11 heteroatoms. The molecule has 0 aliphatic heterocycles. The average Bonchev–Trinajstić information content (AvgIpc) is 3.10. The molecular weight excluding hydrogens is 409 g/mol. The first-order valence-electron chi connectivity index (χ1n) is 9.23. The quantitative estimate of drug-likeness (QED) is 0.467. The van der Waals surface area contributed by atoms with Gasteiger partial charge in [-0.3, -0.25) is 20.4 Å². The predicted molar refractivity (Wildman–Crippen MR) is 107 cm³/mol. The average molecular weight is 429 g/mol. The third-order valence-electron chi connectivity index (χ3n) is 4.11. The molecule has 0 aliphatic carbocycles. The monoisotopic (exact) mass is 429 g/mol. The van der Waals surface area contributed by atoms with Gasteiger partial charge < -0.3 is 9.15 Å². The first-order chi connectivity index (χ1) is 14.6. The molecule has 0 aliphatic rings. The van der Waals surface area contributed by atoms with Crippen LogP contribution in [0.1, 0.15) is 49.6 Å². The standard InChI is InChI=1S/C20H20FN5O5/c1-11-24-25-18(30-11)15(12-7-9-22-10-8-12)13-5-6-14(26(28)29)17(16(13)21)23-19(27)31-20(2,3)4/h5-10,15H,1-4H3,(H,23,27). The van der Waals surface area contributed by atoms with Crippen LogP contribution in [-0.4, -0.2) is 31.8 Å². The maximum Gasteiger partial charge on any atom is 0.412 e. The van der Waals surface area contributed by atoms with Crippen LogP contribution in [0.3, 0.4) is 0 Å². The lowest BCUT2D eigenvalue weighted by atomic mass is 9.90. The van der Waals surface area contributed by atoms with Crippen LogP contribution in [0.4, 0.5) is 20.6 Å². The third kappa shape index (κ3) is 5.00. The van der Waals surface area contributed by atoms with E-state index in [0.29, 0.717) is 5.56 Å². The number of amides is 1. The van der Waals surface area contributed by atoms with Crippen molar-refractivity contribution in [3.05, 3.63) is 75.5 Å². The number of halogens is 1. The van der Waals surface area contributed by atoms with Crippen LogP contribution in [-0.2, 0) is 4.74 Å². The number of nitrogens with zero attached hydrogens (tertiary/aromatic N) is 4. The van der Waals surface area contributed by atoms with Gasteiger partial charge in [0, 0.05) is 30.9 Å². The number of anilines is 1. The fourth-order valence-corrected chi connectivity index (χ4v) is 2.92. The minimum atomic E-state index is -1.03. The molecule has 0 saturated heterocycles. The van der Waals surface area contributed by atoms with Crippen LogP contribution in [0, 0.1) is 22.9 Å². The number of rotatable bonds is 5. The van der Waals surface area contributed by atoms with Gasteiger partial charge in [0.25, 0.3) is 5.69 Å². The van der Waals surface area contributed by atoms with E-state index in [1.807, 2.05) is 0 Å². The lowest BCUT2D eigenvalue weighted by Crippen LogP contribution is -2.28. The van der Waals surface area contributed by atoms with Crippen LogP contribution in [0.25, 0.3) is 0 Å². The summed E-state index contributed by atoms with van der Waals surface area (Å²) < 4.78 is 26.3. The molecule has 1 unspecified atom stereocenters. The fraction of sp³-hybridized carbons (Fsp3) is 0.300. The van der Waals surface area contributed by atoms with Crippen LogP contribution in [0.15, 0.2) is 41.1 Å². The fourth-order valence-electron chi connectivity index (χ4n) is 2.92. The van der Waals surface area contributed by atoms with E-state index in [4.69, 9.17) is 9.15 Å². The molecule has 1 amide bonds. The Kier molecular flexibility index (Phi) is 5.95. The molecule has 0 bridgehead atoms. The maximum atomic E-state index is 15.6. The van der Waals surface area contributed by atoms with E-state index in [-0.39, 0.29) is 17.3 Å². The second-order valence-corrected chi connectivity index (χ2v) is 7.62. The summed E-state index contributed by atoms with van der Waals surface area (Å²) in [5.41, 5.74) is -1.57. The molecule has 3 rings (SSSR count). The number of pyridine rings is 1. The molecule has 1 atom stereocenters. The van der Waals surface area contributed by atoms with Crippen LogP contribution in [0.2, 0.25) is 0 Å². The molecule has 3 aromatic rings. The van der Waals surface area contributed by atoms with Crippen molar-refractivity contribution < 1.29 is 23.3 Å². The first-order valence-corrected chi connectivity index (χ1v) is 9.23. The van der Waals surface area contributed by atoms with Crippen LogP contribution < -0.4 is 5.32 Å². The predicted octanol–water partition coefficient (Wildman–Crippen LogP) is 4.35. The van der Waals surface area contributed by atoms with Gasteiger partial charge in [-0.2, -0.15) is 0 Å². The molecule has 0 spiro atoms. The zero-order valence-corrected chi connectivity index (χ0v) is 17.2. The Morgan fingerprint density at radius 2 is 1.90 bits per heavy atom. The Hall–Kier alpha value is -3.89. The van der Waals surface area contributed by atoms with Crippen LogP contribution >= 0.6 is 0 Å². The zero-order chi connectivity index (χ0) is 22.8. The number of hydrogen-bond acceptors (Lipinski definition) is 8. The van der Waals surface area contributed by atoms with Gasteiger partial charge >= 0.3 is 6.09 Å². The van der Waals surface area contributed by atoms with Crippen LogP contribution in [0.5, 0.6) is 0 Å². The van der Waals surface area contributed by atoms with Gasteiger partial charge in [-0.15, -0.1) is 10.2 Å². The molecule has 0 saturated carbocycles. The Labute approximate surface area is 176 Å². The molecule has 0 fully saturated rings. The number of carbonyl (C=O) groups is 1. The minimum absolute atomic E-state index is 0.00786. The van der Waals surface area contributed by atoms with Crippen molar-refractivity contribution in [2.75, 3.05) is 5.32 Å². The van der Waals surface area contributed by atoms with Crippen molar-refractivity contribution in [1.29, 1.82) is 0 Å². The maximum absolute atomic E-state index is 15.6. The molecule has 2 heterocycles. The van der Waals surface area contributed by atoms with Gasteiger partial charge in [0.05, 0.1) is 10.8 Å². The Morgan fingerprint density at radius 3 is 2.45 bits per heavy atom. The Bertz CT molecular complexity index is 1110. The van der Waals surface area contributed by atoms with E-state index in [2.05, 4.69) is 20.5 Å². The second kappa shape index (κ2) is 8.46. The molecule has 1 N–H and O–H groups in total. The summed E-state index contributed by atoms with van der Waals surface area (Å²) >= 11 is 0. The van der Waals surface area contributed by atoms with Gasteiger partial charge in [0.2, 0.25) is 11.8 Å². The van der Waals surface area contributed by atoms with E-state index >= 15 is 4.39 Å². The SMILES string of the molecule is Cc1nnc(C(c2ccncc2)c2ccc([N+](=O)[O-])c(NC(=O)OC(C)(C)C)c2F)o1. The number of ether oxygens (including phenoxy) is 1. The highest BCUT2D eigenvalue weighted by atomic mass is 19.1. The lowest BCUT2D eigenvalue weighted by molar-refractivity contribution is -0.384. The van der Waals surface area contributed by atoms with E-state index in [9.17, 15) is 14.9 Å². The first kappa shape index (κ1) is 21.8. The summed E-state index contributed by atoms with van der Waals surface area (Å²) in [4.78, 5) is 26.8.